The molecule has 7 heterocycles. The molecule has 2 aliphatic heterocycles. The highest BCUT2D eigenvalue weighted by molar-refractivity contribution is 8.14. The third kappa shape index (κ3) is 12.0. The minimum absolute atomic E-state index is 0.00613. The number of pyridine rings is 2. The van der Waals surface area contributed by atoms with Crippen LogP contribution < -0.4 is 20.7 Å². The van der Waals surface area contributed by atoms with E-state index in [2.05, 4.69) is 45.1 Å². The molecule has 0 atom stereocenters. The highest BCUT2D eigenvalue weighted by Gasteiger charge is 2.38. The van der Waals surface area contributed by atoms with Gasteiger partial charge in [0.15, 0.2) is 31.3 Å². The standard InChI is InChI=1S/C19H19F3N6O3S.C12H17N3O4S.C9H10F3N3S/c1-5-32(29,30)13-7-12-11(8-18(2,3)31-12)25-15(13)17-27-26-16(28(17)4)10-6-14(19(20,21)22)24-9-23-10;1-4-20(17,18)9-5-8-7(6-12(2,3)19-8)14-10(9)11(16)15-13;1-3-16-8(13-2)6-4-7(9(10,11)12)15-5-14-6/h6-7,9H,5,8H2,1-4H3;5H,4,6,13H2,1-3H3,(H,15,16);4-5H,3H2,1-2H3. The SMILES string of the molecule is CCS(=O)(=O)c1cc2c(nc1-c1nnc(-c3cc(C(F)(F)F)ncn3)n1C)CC(C)(C)O2.CCS(=O)(=O)c1cc2c(nc1C(=O)NN)CC(C)(C)O2.CCSC(=NC)c1cc(C(F)(F)F)ncn1. The topological polar surface area (TPSA) is 262 Å². The normalized spacial score (nSPS) is 15.1. The Balaban J connectivity index is 0.000000206. The number of fused-ring (bicyclic) bond motifs is 2. The number of nitrogen functional groups attached to an aromatic ring is 1. The fourth-order valence-corrected chi connectivity index (χ4v) is 9.25. The number of carbonyl (C=O) groups excluding carboxylic acids is 1. The van der Waals surface area contributed by atoms with Crippen LogP contribution >= 0.6 is 11.8 Å². The number of thioether (sulfide) groups is 1. The van der Waals surface area contributed by atoms with E-state index in [0.29, 0.717) is 40.8 Å². The van der Waals surface area contributed by atoms with E-state index in [0.717, 1.165) is 30.5 Å². The molecule has 2 aliphatic rings. The molecule has 3 N–H and O–H groups in total. The molecule has 7 rings (SSSR count). The molecule has 0 radical (unpaired) electrons. The molecule has 368 valence electrons. The number of hydrazine groups is 1. The monoisotopic (exact) mass is 1020 g/mol. The lowest BCUT2D eigenvalue weighted by Crippen LogP contribution is -2.32. The highest BCUT2D eigenvalue weighted by Crippen LogP contribution is 2.40. The van der Waals surface area contributed by atoms with Crippen molar-refractivity contribution in [2.45, 2.75) is 94.7 Å². The summed E-state index contributed by atoms with van der Waals surface area (Å²) < 4.78 is 139. The lowest BCUT2D eigenvalue weighted by Gasteiger charge is -2.16. The van der Waals surface area contributed by atoms with Crippen LogP contribution in [0.1, 0.15) is 87.4 Å². The second-order valence-electron chi connectivity index (χ2n) is 15.9. The molecule has 0 bridgehead atoms. The first-order chi connectivity index (χ1) is 31.5. The molecule has 0 unspecified atom stereocenters. The Morgan fingerprint density at radius 1 is 0.779 bits per heavy atom. The summed E-state index contributed by atoms with van der Waals surface area (Å²) in [5.41, 5.74) is -0.0987. The molecule has 0 fully saturated rings. The minimum Gasteiger partial charge on any atom is -0.485 e. The molecule has 0 saturated carbocycles. The number of hydrogen-bond donors (Lipinski definition) is 2. The first-order valence-electron chi connectivity index (χ1n) is 20.2. The number of nitrogens with one attached hydrogen (secondary N) is 1. The van der Waals surface area contributed by atoms with Crippen molar-refractivity contribution in [3.05, 3.63) is 71.1 Å². The molecular weight excluding hydrogens is 971 g/mol. The van der Waals surface area contributed by atoms with Gasteiger partial charge in [-0.3, -0.25) is 15.2 Å². The van der Waals surface area contributed by atoms with Crippen LogP contribution in [0.4, 0.5) is 26.3 Å². The molecule has 0 aromatic carbocycles. The van der Waals surface area contributed by atoms with Crippen LogP contribution in [0.15, 0.2) is 51.7 Å². The van der Waals surface area contributed by atoms with Crippen molar-refractivity contribution < 1.29 is 57.4 Å². The second kappa shape index (κ2) is 20.0. The Kier molecular flexibility index (Phi) is 15.6. The van der Waals surface area contributed by atoms with Crippen LogP contribution in [0, 0.1) is 0 Å². The number of nitrogens with zero attached hydrogens (tertiary/aromatic N) is 10. The molecule has 0 saturated heterocycles. The number of hydrogen-bond acceptors (Lipinski definition) is 18. The summed E-state index contributed by atoms with van der Waals surface area (Å²) in [4.78, 5) is 38.1. The summed E-state index contributed by atoms with van der Waals surface area (Å²) in [6.45, 7) is 12.3. The zero-order valence-electron chi connectivity index (χ0n) is 37.9. The average molecular weight is 1020 g/mol. The van der Waals surface area contributed by atoms with Gasteiger partial charge in [-0.25, -0.2) is 52.6 Å². The minimum atomic E-state index is -4.66. The first kappa shape index (κ1) is 53.1. The molecule has 0 spiro atoms. The summed E-state index contributed by atoms with van der Waals surface area (Å²) >= 11 is 1.34. The third-order valence-corrected chi connectivity index (χ3v) is 14.2. The van der Waals surface area contributed by atoms with E-state index >= 15 is 0 Å². The first-order valence-corrected chi connectivity index (χ1v) is 24.5. The van der Waals surface area contributed by atoms with Crippen LogP contribution in [0.25, 0.3) is 23.0 Å². The van der Waals surface area contributed by atoms with Crippen molar-refractivity contribution in [1.82, 2.24) is 50.1 Å². The number of sulfone groups is 2. The third-order valence-electron chi connectivity index (χ3n) is 9.72. The van der Waals surface area contributed by atoms with E-state index in [1.165, 1.54) is 56.4 Å². The predicted octanol–water partition coefficient (Wildman–Crippen LogP) is 5.68. The number of amides is 1. The van der Waals surface area contributed by atoms with Crippen molar-refractivity contribution in [3.8, 4) is 34.5 Å². The Bertz CT molecular complexity index is 2970. The number of ether oxygens (including phenoxy) is 2. The number of rotatable bonds is 9. The Morgan fingerprint density at radius 3 is 1.79 bits per heavy atom. The lowest BCUT2D eigenvalue weighted by molar-refractivity contribution is -0.142. The summed E-state index contributed by atoms with van der Waals surface area (Å²) in [7, 11) is -4.31. The van der Waals surface area contributed by atoms with Crippen molar-refractivity contribution in [3.63, 3.8) is 0 Å². The Hall–Kier alpha value is -5.87. The Morgan fingerprint density at radius 2 is 1.28 bits per heavy atom. The van der Waals surface area contributed by atoms with E-state index in [1.807, 2.05) is 40.0 Å². The van der Waals surface area contributed by atoms with E-state index < -0.39 is 60.5 Å². The molecule has 5 aromatic rings. The number of halogens is 6. The number of alkyl halides is 6. The number of nitrogens with two attached hydrogens (primary N) is 1. The van der Waals surface area contributed by atoms with Crippen molar-refractivity contribution in [2.75, 3.05) is 24.3 Å². The van der Waals surface area contributed by atoms with E-state index in [9.17, 15) is 48.0 Å². The second-order valence-corrected chi connectivity index (χ2v) is 21.6. The van der Waals surface area contributed by atoms with Gasteiger partial charge in [0.1, 0.15) is 78.7 Å². The van der Waals surface area contributed by atoms with Crippen molar-refractivity contribution >= 4 is 42.4 Å². The summed E-state index contributed by atoms with van der Waals surface area (Å²) in [6.07, 6.45) is -6.47. The van der Waals surface area contributed by atoms with Crippen LogP contribution in [0.2, 0.25) is 0 Å². The molecule has 28 heteroatoms. The number of carbonyl (C=O) groups is 1. The van der Waals surface area contributed by atoms with E-state index in [1.54, 1.807) is 0 Å². The van der Waals surface area contributed by atoms with Gasteiger partial charge in [-0.05, 0) is 45.6 Å². The van der Waals surface area contributed by atoms with Gasteiger partial charge in [-0.2, -0.15) is 26.3 Å². The van der Waals surface area contributed by atoms with Gasteiger partial charge in [-0.15, -0.1) is 22.0 Å². The van der Waals surface area contributed by atoms with E-state index in [4.69, 9.17) is 15.3 Å². The molecular formula is C40H46F6N12O7S3. The maximum Gasteiger partial charge on any atom is 0.433 e. The maximum absolute atomic E-state index is 13.0. The lowest BCUT2D eigenvalue weighted by atomic mass is 10.1. The van der Waals surface area contributed by atoms with Crippen LogP contribution in [-0.4, -0.2) is 108 Å². The van der Waals surface area contributed by atoms with Gasteiger partial charge >= 0.3 is 12.4 Å². The smallest absolute Gasteiger partial charge is 0.433 e. The fraction of sp³-hybridized carbons (Fsp3) is 0.450. The van der Waals surface area contributed by atoms with Gasteiger partial charge in [0, 0.05) is 39.1 Å². The zero-order chi connectivity index (χ0) is 50.8. The number of aliphatic imine (C=N–C) groups is 1. The van der Waals surface area contributed by atoms with Crippen LogP contribution in [0.3, 0.4) is 0 Å². The summed E-state index contributed by atoms with van der Waals surface area (Å²) in [5.74, 6) is 5.61. The molecule has 0 aliphatic carbocycles. The van der Waals surface area contributed by atoms with E-state index in [-0.39, 0.29) is 55.7 Å². The van der Waals surface area contributed by atoms with Gasteiger partial charge in [0.25, 0.3) is 5.91 Å². The van der Waals surface area contributed by atoms with Gasteiger partial charge in [-0.1, -0.05) is 20.8 Å². The summed E-state index contributed by atoms with van der Waals surface area (Å²) in [6, 6.07) is 4.45. The number of aromatic nitrogens is 9. The maximum atomic E-state index is 13.0. The quantitative estimate of drug-likeness (QED) is 0.0449. The predicted molar refractivity (Wildman–Crippen MR) is 236 cm³/mol. The van der Waals surface area contributed by atoms with Gasteiger partial charge in [0.2, 0.25) is 0 Å². The molecule has 5 aromatic heterocycles. The van der Waals surface area contributed by atoms with Crippen molar-refractivity contribution in [2.24, 2.45) is 17.9 Å². The van der Waals surface area contributed by atoms with Crippen molar-refractivity contribution in [1.29, 1.82) is 0 Å². The van der Waals surface area contributed by atoms with Crippen LogP contribution in [0.5, 0.6) is 11.5 Å². The molecule has 19 nitrogen and oxygen atoms in total. The van der Waals surface area contributed by atoms with Crippen LogP contribution in [-0.2, 0) is 51.9 Å². The molecule has 1 amide bonds. The highest BCUT2D eigenvalue weighted by atomic mass is 32.2. The van der Waals surface area contributed by atoms with Gasteiger partial charge in [0.05, 0.1) is 28.6 Å². The largest absolute Gasteiger partial charge is 0.485 e. The molecule has 68 heavy (non-hydrogen) atoms. The summed E-state index contributed by atoms with van der Waals surface area (Å²) in [5, 5.41) is 8.46. The average Bonchev–Trinajstić information content (AvgIpc) is 3.92. The van der Waals surface area contributed by atoms with Gasteiger partial charge < -0.3 is 14.0 Å². The Labute approximate surface area is 391 Å². The zero-order valence-corrected chi connectivity index (χ0v) is 40.3. The fourth-order valence-electron chi connectivity index (χ4n) is 6.52.